The third kappa shape index (κ3) is 4.70. The number of ether oxygens (including phenoxy) is 1. The van der Waals surface area contributed by atoms with Crippen molar-refractivity contribution < 1.29 is 23.1 Å². The van der Waals surface area contributed by atoms with Gasteiger partial charge in [-0.25, -0.2) is 18.1 Å². The van der Waals surface area contributed by atoms with Gasteiger partial charge in [0.25, 0.3) is 5.56 Å². The van der Waals surface area contributed by atoms with E-state index in [2.05, 4.69) is 9.71 Å². The Bertz CT molecular complexity index is 1180. The third-order valence-electron chi connectivity index (χ3n) is 6.42. The van der Waals surface area contributed by atoms with E-state index in [1.165, 1.54) is 10.9 Å². The van der Waals surface area contributed by atoms with E-state index in [0.29, 0.717) is 43.3 Å². The van der Waals surface area contributed by atoms with Gasteiger partial charge in [-0.3, -0.25) is 14.2 Å². The van der Waals surface area contributed by atoms with Crippen LogP contribution in [0, 0.1) is 0 Å². The summed E-state index contributed by atoms with van der Waals surface area (Å²) >= 11 is 0. The largest absolute Gasteiger partial charge is 0.386 e. The van der Waals surface area contributed by atoms with Gasteiger partial charge in [0, 0.05) is 13.1 Å². The summed E-state index contributed by atoms with van der Waals surface area (Å²) in [6.45, 7) is 2.30. The molecule has 2 N–H and O–H groups in total. The number of fused-ring (bicyclic) bond motifs is 1. The summed E-state index contributed by atoms with van der Waals surface area (Å²) in [4.78, 5) is 31.4. The summed E-state index contributed by atoms with van der Waals surface area (Å²) in [5.74, 6) is -0.187. The number of aliphatic hydroxyl groups is 1. The van der Waals surface area contributed by atoms with Gasteiger partial charge in [0.1, 0.15) is 12.1 Å². The number of piperidine rings is 1. The average molecular weight is 465 g/mol. The highest BCUT2D eigenvalue weighted by Crippen LogP contribution is 2.38. The number of carbonyl (C=O) groups excluding carboxylic acids is 1. The number of amides is 1. The molecular weight excluding hydrogens is 436 g/mol. The summed E-state index contributed by atoms with van der Waals surface area (Å²) in [7, 11) is -3.50. The van der Waals surface area contributed by atoms with Crippen molar-refractivity contribution in [1.82, 2.24) is 19.2 Å². The molecule has 2 saturated heterocycles. The van der Waals surface area contributed by atoms with Crippen LogP contribution < -0.4 is 10.3 Å². The number of benzene rings is 1. The number of rotatable bonds is 4. The van der Waals surface area contributed by atoms with Crippen molar-refractivity contribution >= 4 is 26.8 Å². The molecule has 2 atom stereocenters. The molecule has 2 aliphatic heterocycles. The lowest BCUT2D eigenvalue weighted by molar-refractivity contribution is -0.190. The first kappa shape index (κ1) is 22.8. The molecule has 1 aromatic carbocycles. The van der Waals surface area contributed by atoms with Crippen molar-refractivity contribution in [3.63, 3.8) is 0 Å². The second-order valence-electron chi connectivity index (χ2n) is 9.05. The fraction of sp³-hybridized carbons (Fsp3) is 0.571. The lowest BCUT2D eigenvalue weighted by Crippen LogP contribution is -2.64. The molecule has 0 unspecified atom stereocenters. The normalized spacial score (nSPS) is 25.8. The highest BCUT2D eigenvalue weighted by Gasteiger charge is 2.49. The zero-order valence-electron chi connectivity index (χ0n) is 18.2. The van der Waals surface area contributed by atoms with Crippen LogP contribution in [0.2, 0.25) is 0 Å². The molecule has 2 fully saturated rings. The zero-order chi connectivity index (χ0) is 23.1. The summed E-state index contributed by atoms with van der Waals surface area (Å²) < 4.78 is 33.3. The summed E-state index contributed by atoms with van der Waals surface area (Å²) in [6, 6.07) is 6.33. The van der Waals surface area contributed by atoms with Gasteiger partial charge in [0.2, 0.25) is 15.9 Å². The SMILES string of the molecule is C[C@]1(O)COC2(CCN(C(=O)Cn3cnc4ccccc4c3=O)CC2)C[C@@H]1NS(C)(=O)=O. The number of sulfonamides is 1. The fourth-order valence-electron chi connectivity index (χ4n) is 4.45. The Morgan fingerprint density at radius 3 is 2.69 bits per heavy atom. The molecular formula is C21H28N4O6S. The van der Waals surface area contributed by atoms with Crippen LogP contribution in [-0.4, -0.2) is 77.1 Å². The van der Waals surface area contributed by atoms with E-state index in [4.69, 9.17) is 4.74 Å². The molecule has 0 saturated carbocycles. The van der Waals surface area contributed by atoms with Gasteiger partial charge in [0.15, 0.2) is 0 Å². The number of likely N-dealkylation sites (tertiary alicyclic amines) is 1. The lowest BCUT2D eigenvalue weighted by atomic mass is 9.78. The number of hydrogen-bond donors (Lipinski definition) is 2. The first-order valence-electron chi connectivity index (χ1n) is 10.5. The topological polar surface area (TPSA) is 131 Å². The lowest BCUT2D eigenvalue weighted by Gasteiger charge is -2.50. The van der Waals surface area contributed by atoms with Crippen LogP contribution in [0.3, 0.4) is 0 Å². The predicted molar refractivity (Wildman–Crippen MR) is 118 cm³/mol. The Morgan fingerprint density at radius 2 is 2.00 bits per heavy atom. The van der Waals surface area contributed by atoms with E-state index in [1.54, 1.807) is 36.1 Å². The summed E-state index contributed by atoms with van der Waals surface area (Å²) in [5.41, 5.74) is -1.59. The van der Waals surface area contributed by atoms with Gasteiger partial charge >= 0.3 is 0 Å². The molecule has 32 heavy (non-hydrogen) atoms. The highest BCUT2D eigenvalue weighted by atomic mass is 32.2. The molecule has 1 spiro atoms. The number of aromatic nitrogens is 2. The standard InChI is InChI=1S/C21H28N4O6S/c1-20(28)13-31-21(11-17(20)23-32(2,29)30)7-9-24(10-8-21)18(26)12-25-14-22-16-6-4-3-5-15(16)19(25)27/h3-6,14,17,23,28H,7-13H2,1-2H3/t17-,20-/m0/s1. The van der Waals surface area contributed by atoms with Crippen LogP contribution in [0.1, 0.15) is 26.2 Å². The predicted octanol–water partition coefficient (Wildman–Crippen LogP) is -0.153. The van der Waals surface area contributed by atoms with Crippen molar-refractivity contribution in [1.29, 1.82) is 0 Å². The quantitative estimate of drug-likeness (QED) is 0.643. The molecule has 174 valence electrons. The van der Waals surface area contributed by atoms with Crippen LogP contribution in [0.15, 0.2) is 35.4 Å². The molecule has 4 rings (SSSR count). The van der Waals surface area contributed by atoms with E-state index in [0.717, 1.165) is 6.26 Å². The van der Waals surface area contributed by atoms with E-state index in [9.17, 15) is 23.1 Å². The maximum Gasteiger partial charge on any atom is 0.261 e. The number of nitrogens with one attached hydrogen (secondary N) is 1. The minimum atomic E-state index is -3.50. The maximum absolute atomic E-state index is 12.8. The van der Waals surface area contributed by atoms with Gasteiger partial charge in [0.05, 0.1) is 41.7 Å². The minimum Gasteiger partial charge on any atom is -0.386 e. The van der Waals surface area contributed by atoms with Crippen molar-refractivity contribution in [3.8, 4) is 0 Å². The second kappa shape index (κ2) is 8.22. The van der Waals surface area contributed by atoms with Crippen LogP contribution in [-0.2, 0) is 26.1 Å². The molecule has 0 radical (unpaired) electrons. The van der Waals surface area contributed by atoms with E-state index in [1.807, 2.05) is 0 Å². The van der Waals surface area contributed by atoms with Gasteiger partial charge in [-0.05, 0) is 38.3 Å². The molecule has 3 heterocycles. The zero-order valence-corrected chi connectivity index (χ0v) is 19.0. The highest BCUT2D eigenvalue weighted by molar-refractivity contribution is 7.88. The van der Waals surface area contributed by atoms with Crippen LogP contribution >= 0.6 is 0 Å². The van der Waals surface area contributed by atoms with Gasteiger partial charge in [-0.15, -0.1) is 0 Å². The van der Waals surface area contributed by atoms with Crippen LogP contribution in [0.25, 0.3) is 10.9 Å². The molecule has 10 nitrogen and oxygen atoms in total. The Balaban J connectivity index is 1.42. The van der Waals surface area contributed by atoms with Crippen molar-refractivity contribution in [2.24, 2.45) is 0 Å². The molecule has 1 aromatic heterocycles. The van der Waals surface area contributed by atoms with Crippen LogP contribution in [0.4, 0.5) is 0 Å². The molecule has 0 bridgehead atoms. The molecule has 2 aromatic rings. The van der Waals surface area contributed by atoms with Gasteiger partial charge < -0.3 is 14.7 Å². The first-order valence-corrected chi connectivity index (χ1v) is 12.4. The molecule has 0 aliphatic carbocycles. The molecule has 2 aliphatic rings. The van der Waals surface area contributed by atoms with Crippen LogP contribution in [0.5, 0.6) is 0 Å². The van der Waals surface area contributed by atoms with E-state index >= 15 is 0 Å². The van der Waals surface area contributed by atoms with Gasteiger partial charge in [-0.1, -0.05) is 12.1 Å². The number of para-hydroxylation sites is 1. The van der Waals surface area contributed by atoms with Crippen molar-refractivity contribution in [2.75, 3.05) is 26.0 Å². The van der Waals surface area contributed by atoms with Gasteiger partial charge in [-0.2, -0.15) is 0 Å². The Labute approximate surface area is 186 Å². The van der Waals surface area contributed by atoms with E-state index in [-0.39, 0.29) is 24.6 Å². The number of carbonyl (C=O) groups is 1. The first-order chi connectivity index (χ1) is 15.0. The minimum absolute atomic E-state index is 0.00624. The summed E-state index contributed by atoms with van der Waals surface area (Å²) in [6.07, 6.45) is 3.81. The average Bonchev–Trinajstić information content (AvgIpc) is 2.73. The monoisotopic (exact) mass is 464 g/mol. The number of nitrogens with zero attached hydrogens (tertiary/aromatic N) is 3. The van der Waals surface area contributed by atoms with E-state index < -0.39 is 27.3 Å². The molecule has 11 heteroatoms. The smallest absolute Gasteiger partial charge is 0.261 e. The Hall–Kier alpha value is -2.34. The fourth-order valence-corrected chi connectivity index (χ4v) is 5.31. The van der Waals surface area contributed by atoms with Crippen molar-refractivity contribution in [3.05, 3.63) is 40.9 Å². The summed E-state index contributed by atoms with van der Waals surface area (Å²) in [5, 5.41) is 11.0. The second-order valence-corrected chi connectivity index (χ2v) is 10.8. The third-order valence-corrected chi connectivity index (χ3v) is 7.13. The Kier molecular flexibility index (Phi) is 5.86. The Morgan fingerprint density at radius 1 is 1.31 bits per heavy atom. The molecule has 1 amide bonds. The van der Waals surface area contributed by atoms with Crippen molar-refractivity contribution in [2.45, 2.75) is 50.0 Å². The maximum atomic E-state index is 12.8. The number of hydrogen-bond acceptors (Lipinski definition) is 7.